The summed E-state index contributed by atoms with van der Waals surface area (Å²) in [4.78, 5) is 15.7. The van der Waals surface area contributed by atoms with Gasteiger partial charge in [-0.2, -0.15) is 4.31 Å². The van der Waals surface area contributed by atoms with E-state index >= 15 is 0 Å². The zero-order valence-corrected chi connectivity index (χ0v) is 20.0. The van der Waals surface area contributed by atoms with E-state index in [1.165, 1.54) is 25.7 Å². The number of sulfonamides is 1. The Bertz CT molecular complexity index is 888. The lowest BCUT2D eigenvalue weighted by atomic mass is 9.75. The van der Waals surface area contributed by atoms with Crippen LogP contribution in [0.15, 0.2) is 23.1 Å². The number of carbonyl (C=O) groups excluding carboxylic acids is 1. The first kappa shape index (κ1) is 22.8. The SMILES string of the molecule is CC(C)c1ccc(C(=O)N2CC[C@H]3CCCC[C@@H]3C2)cc1S(=O)(=O)N1CCCCCC1. The number of nitrogens with zero attached hydrogens (tertiary/aromatic N) is 2. The van der Waals surface area contributed by atoms with Crippen molar-refractivity contribution in [2.45, 2.75) is 82.4 Å². The average molecular weight is 447 g/mol. The van der Waals surface area contributed by atoms with Crippen molar-refractivity contribution in [1.29, 1.82) is 0 Å². The van der Waals surface area contributed by atoms with Gasteiger partial charge in [0.2, 0.25) is 10.0 Å². The van der Waals surface area contributed by atoms with Crippen LogP contribution < -0.4 is 0 Å². The summed E-state index contributed by atoms with van der Waals surface area (Å²) >= 11 is 0. The quantitative estimate of drug-likeness (QED) is 0.652. The Morgan fingerprint density at radius 3 is 2.26 bits per heavy atom. The first-order valence-electron chi connectivity index (χ1n) is 12.3. The van der Waals surface area contributed by atoms with Crippen LogP contribution in [0.5, 0.6) is 0 Å². The van der Waals surface area contributed by atoms with Crippen LogP contribution in [-0.4, -0.2) is 49.7 Å². The largest absolute Gasteiger partial charge is 0.338 e. The summed E-state index contributed by atoms with van der Waals surface area (Å²) in [5.74, 6) is 1.45. The molecule has 5 nitrogen and oxygen atoms in total. The van der Waals surface area contributed by atoms with Crippen LogP contribution >= 0.6 is 0 Å². The van der Waals surface area contributed by atoms with Gasteiger partial charge in [0.1, 0.15) is 0 Å². The lowest BCUT2D eigenvalue weighted by Gasteiger charge is -2.41. The van der Waals surface area contributed by atoms with Crippen molar-refractivity contribution in [3.05, 3.63) is 29.3 Å². The van der Waals surface area contributed by atoms with Crippen molar-refractivity contribution in [2.24, 2.45) is 11.8 Å². The molecule has 3 aliphatic rings. The number of rotatable bonds is 4. The lowest BCUT2D eigenvalue weighted by molar-refractivity contribution is 0.0520. The number of fused-ring (bicyclic) bond motifs is 1. The highest BCUT2D eigenvalue weighted by molar-refractivity contribution is 7.89. The number of likely N-dealkylation sites (tertiary alicyclic amines) is 1. The van der Waals surface area contributed by atoms with Crippen molar-refractivity contribution in [2.75, 3.05) is 26.2 Å². The summed E-state index contributed by atoms with van der Waals surface area (Å²) in [5.41, 5.74) is 1.33. The fraction of sp³-hybridized carbons (Fsp3) is 0.720. The van der Waals surface area contributed by atoms with Crippen molar-refractivity contribution >= 4 is 15.9 Å². The number of piperidine rings is 1. The van der Waals surface area contributed by atoms with E-state index in [0.717, 1.165) is 56.7 Å². The Morgan fingerprint density at radius 2 is 1.58 bits per heavy atom. The number of amides is 1. The van der Waals surface area contributed by atoms with E-state index in [0.29, 0.717) is 29.5 Å². The van der Waals surface area contributed by atoms with Gasteiger partial charge in [-0.3, -0.25) is 4.79 Å². The minimum absolute atomic E-state index is 0.00774. The molecule has 1 amide bonds. The molecule has 0 radical (unpaired) electrons. The molecule has 31 heavy (non-hydrogen) atoms. The molecule has 0 aromatic heterocycles. The average Bonchev–Trinajstić information content (AvgIpc) is 3.08. The van der Waals surface area contributed by atoms with E-state index in [1.807, 2.05) is 30.9 Å². The molecule has 4 rings (SSSR count). The van der Waals surface area contributed by atoms with Gasteiger partial charge < -0.3 is 4.90 Å². The lowest BCUT2D eigenvalue weighted by Crippen LogP contribution is -2.44. The third kappa shape index (κ3) is 4.85. The molecule has 1 aliphatic carbocycles. The molecule has 1 saturated carbocycles. The predicted octanol–water partition coefficient (Wildman–Crippen LogP) is 5.03. The van der Waals surface area contributed by atoms with E-state index in [2.05, 4.69) is 0 Å². The van der Waals surface area contributed by atoms with E-state index < -0.39 is 10.0 Å². The van der Waals surface area contributed by atoms with Gasteiger partial charge in [0.05, 0.1) is 4.90 Å². The topological polar surface area (TPSA) is 57.7 Å². The molecule has 1 aromatic rings. The highest BCUT2D eigenvalue weighted by atomic mass is 32.2. The van der Waals surface area contributed by atoms with Gasteiger partial charge in [-0.1, -0.05) is 52.0 Å². The summed E-state index contributed by atoms with van der Waals surface area (Å²) in [6.45, 7) is 6.81. The standard InChI is InChI=1S/C25H38N2O3S/c1-19(2)23-12-11-21(17-24(23)31(29,30)27-14-7-3-4-8-15-27)25(28)26-16-13-20-9-5-6-10-22(20)18-26/h11-12,17,19-20,22H,3-10,13-16,18H2,1-2H3/t20-,22-/m1/s1. The second kappa shape index (κ2) is 9.62. The predicted molar refractivity (Wildman–Crippen MR) is 124 cm³/mol. The van der Waals surface area contributed by atoms with Crippen LogP contribution in [0.3, 0.4) is 0 Å². The number of carbonyl (C=O) groups is 1. The zero-order chi connectivity index (χ0) is 22.0. The van der Waals surface area contributed by atoms with E-state index in [-0.39, 0.29) is 11.8 Å². The summed E-state index contributed by atoms with van der Waals surface area (Å²) in [6, 6.07) is 5.38. The maximum Gasteiger partial charge on any atom is 0.253 e. The Labute approximate surface area is 188 Å². The van der Waals surface area contributed by atoms with Gasteiger partial charge in [-0.25, -0.2) is 8.42 Å². The van der Waals surface area contributed by atoms with Crippen LogP contribution in [0.25, 0.3) is 0 Å². The van der Waals surface area contributed by atoms with Gasteiger partial charge >= 0.3 is 0 Å². The van der Waals surface area contributed by atoms with Gasteiger partial charge in [-0.05, 0) is 61.1 Å². The third-order valence-electron chi connectivity index (χ3n) is 7.64. The molecule has 2 heterocycles. The van der Waals surface area contributed by atoms with Gasteiger partial charge in [0.25, 0.3) is 5.91 Å². The third-order valence-corrected chi connectivity index (χ3v) is 9.60. The molecule has 0 N–H and O–H groups in total. The van der Waals surface area contributed by atoms with E-state index in [1.54, 1.807) is 10.4 Å². The molecule has 3 fully saturated rings. The number of hydrogen-bond donors (Lipinski definition) is 0. The molecule has 0 spiro atoms. The van der Waals surface area contributed by atoms with Crippen molar-refractivity contribution in [3.8, 4) is 0 Å². The zero-order valence-electron chi connectivity index (χ0n) is 19.2. The number of benzene rings is 1. The van der Waals surface area contributed by atoms with Crippen LogP contribution in [0, 0.1) is 11.8 Å². The van der Waals surface area contributed by atoms with Crippen LogP contribution in [-0.2, 0) is 10.0 Å². The fourth-order valence-corrected chi connectivity index (χ4v) is 7.65. The van der Waals surface area contributed by atoms with Crippen LogP contribution in [0.2, 0.25) is 0 Å². The molecule has 0 unspecified atom stereocenters. The summed E-state index contributed by atoms with van der Waals surface area (Å²) < 4.78 is 28.9. The fourth-order valence-electron chi connectivity index (χ4n) is 5.76. The van der Waals surface area contributed by atoms with Crippen LogP contribution in [0.1, 0.15) is 93.5 Å². The molecule has 6 heteroatoms. The summed E-state index contributed by atoms with van der Waals surface area (Å²) in [5, 5.41) is 0. The smallest absolute Gasteiger partial charge is 0.253 e. The second-order valence-corrected chi connectivity index (χ2v) is 12.0. The molecule has 1 aromatic carbocycles. The maximum atomic E-state index is 13.6. The maximum absolute atomic E-state index is 13.6. The Morgan fingerprint density at radius 1 is 0.903 bits per heavy atom. The first-order valence-corrected chi connectivity index (χ1v) is 13.8. The molecular weight excluding hydrogens is 408 g/mol. The second-order valence-electron chi connectivity index (χ2n) is 10.1. The van der Waals surface area contributed by atoms with Crippen molar-refractivity contribution in [1.82, 2.24) is 9.21 Å². The van der Waals surface area contributed by atoms with E-state index in [4.69, 9.17) is 0 Å². The normalized spacial score (nSPS) is 25.8. The van der Waals surface area contributed by atoms with Crippen molar-refractivity contribution in [3.63, 3.8) is 0 Å². The molecule has 2 atom stereocenters. The summed E-state index contributed by atoms with van der Waals surface area (Å²) in [7, 11) is -3.60. The minimum atomic E-state index is -3.60. The Kier molecular flexibility index (Phi) is 7.07. The van der Waals surface area contributed by atoms with Crippen LogP contribution in [0.4, 0.5) is 0 Å². The number of hydrogen-bond acceptors (Lipinski definition) is 3. The minimum Gasteiger partial charge on any atom is -0.338 e. The molecule has 2 saturated heterocycles. The first-order chi connectivity index (χ1) is 14.9. The molecule has 172 valence electrons. The molecule has 0 bridgehead atoms. The van der Waals surface area contributed by atoms with Gasteiger partial charge in [-0.15, -0.1) is 0 Å². The molecule has 2 aliphatic heterocycles. The van der Waals surface area contributed by atoms with Gasteiger partial charge in [0.15, 0.2) is 0 Å². The Balaban J connectivity index is 1.61. The van der Waals surface area contributed by atoms with Crippen molar-refractivity contribution < 1.29 is 13.2 Å². The monoisotopic (exact) mass is 446 g/mol. The highest BCUT2D eigenvalue weighted by Crippen LogP contribution is 2.37. The Hall–Kier alpha value is -1.40. The molecular formula is C25H38N2O3S. The van der Waals surface area contributed by atoms with Gasteiger partial charge in [0, 0.05) is 31.7 Å². The highest BCUT2D eigenvalue weighted by Gasteiger charge is 2.34. The summed E-state index contributed by atoms with van der Waals surface area (Å²) in [6.07, 6.45) is 10.2. The van der Waals surface area contributed by atoms with E-state index in [9.17, 15) is 13.2 Å².